The minimum Gasteiger partial charge on any atom is -0.335 e. The van der Waals surface area contributed by atoms with Crippen molar-refractivity contribution in [2.45, 2.75) is 54.5 Å². The van der Waals surface area contributed by atoms with Crippen molar-refractivity contribution in [2.75, 3.05) is 4.90 Å². The zero-order chi connectivity index (χ0) is 37.6. The first kappa shape index (κ1) is 36.8. The van der Waals surface area contributed by atoms with Crippen LogP contribution in [0.4, 0.5) is 17.1 Å². The number of anilines is 2. The predicted molar refractivity (Wildman–Crippen MR) is 236 cm³/mol. The minimum atomic E-state index is 0.727. The third kappa shape index (κ3) is 6.86. The maximum Gasteiger partial charge on any atom is 0.0859 e. The van der Waals surface area contributed by atoms with Crippen LogP contribution in [0.3, 0.4) is 0 Å². The Morgan fingerprint density at radius 2 is 1.51 bits per heavy atom. The van der Waals surface area contributed by atoms with Crippen molar-refractivity contribution in [3.05, 3.63) is 179 Å². The maximum absolute atomic E-state index is 4.57. The number of allylic oxidation sites excluding steroid dienone is 6. The van der Waals surface area contributed by atoms with E-state index < -0.39 is 0 Å². The largest absolute Gasteiger partial charge is 0.335 e. The molecule has 0 amide bonds. The highest BCUT2D eigenvalue weighted by Crippen LogP contribution is 2.48. The Labute approximate surface area is 316 Å². The summed E-state index contributed by atoms with van der Waals surface area (Å²) in [5, 5.41) is 5.05. The third-order valence-electron chi connectivity index (χ3n) is 10.4. The number of benzene rings is 6. The summed E-state index contributed by atoms with van der Waals surface area (Å²) in [5.74, 6) is 0. The molecule has 6 aromatic carbocycles. The number of hydrogen-bond donors (Lipinski definition) is 0. The molecule has 1 aliphatic heterocycles. The average Bonchev–Trinajstić information content (AvgIpc) is 3.21. The Balaban J connectivity index is 0.00000236. The summed E-state index contributed by atoms with van der Waals surface area (Å²) in [6, 6.07) is 36.9. The van der Waals surface area contributed by atoms with E-state index in [0.717, 1.165) is 52.3 Å². The van der Waals surface area contributed by atoms with Gasteiger partial charge in [0.1, 0.15) is 0 Å². The van der Waals surface area contributed by atoms with E-state index in [0.29, 0.717) is 0 Å². The summed E-state index contributed by atoms with van der Waals surface area (Å²) >= 11 is 0. The Morgan fingerprint density at radius 1 is 0.830 bits per heavy atom. The fourth-order valence-electron chi connectivity index (χ4n) is 7.76. The molecule has 0 saturated heterocycles. The van der Waals surface area contributed by atoms with Crippen LogP contribution in [0, 0.1) is 6.92 Å². The second-order valence-corrected chi connectivity index (χ2v) is 13.3. The lowest BCUT2D eigenvalue weighted by Crippen LogP contribution is -2.22. The Bertz CT molecular complexity index is 2470. The van der Waals surface area contributed by atoms with Crippen molar-refractivity contribution in [3.8, 4) is 11.1 Å². The third-order valence-corrected chi connectivity index (χ3v) is 10.4. The molecule has 53 heavy (non-hydrogen) atoms. The van der Waals surface area contributed by atoms with Gasteiger partial charge in [-0.25, -0.2) is 0 Å². The molecular formula is C51H50N2. The van der Waals surface area contributed by atoms with E-state index in [1.54, 1.807) is 0 Å². The predicted octanol–water partition coefficient (Wildman–Crippen LogP) is 14.8. The quantitative estimate of drug-likeness (QED) is 0.109. The number of rotatable bonds is 9. The zero-order valence-corrected chi connectivity index (χ0v) is 32.1. The number of para-hydroxylation sites is 2. The van der Waals surface area contributed by atoms with E-state index in [9.17, 15) is 0 Å². The number of nitrogens with zero attached hydrogens (tertiary/aromatic N) is 2. The summed E-state index contributed by atoms with van der Waals surface area (Å²) in [6.07, 6.45) is 11.8. The zero-order valence-electron chi connectivity index (χ0n) is 32.1. The lowest BCUT2D eigenvalue weighted by atomic mass is 9.86. The number of hydrogen-bond acceptors (Lipinski definition) is 2. The molecule has 2 heteroatoms. The fourth-order valence-corrected chi connectivity index (χ4v) is 7.76. The molecule has 2 nitrogen and oxygen atoms in total. The van der Waals surface area contributed by atoms with Gasteiger partial charge in [0, 0.05) is 12.1 Å². The van der Waals surface area contributed by atoms with Gasteiger partial charge in [-0.2, -0.15) is 0 Å². The molecule has 1 aliphatic rings. The molecule has 0 unspecified atom stereocenters. The van der Waals surface area contributed by atoms with Gasteiger partial charge in [0.2, 0.25) is 0 Å². The highest BCUT2D eigenvalue weighted by atomic mass is 15.2. The molecule has 0 atom stereocenters. The highest BCUT2D eigenvalue weighted by molar-refractivity contribution is 6.05. The smallest absolute Gasteiger partial charge is 0.0859 e. The first-order valence-electron chi connectivity index (χ1n) is 18.8. The molecule has 0 fully saturated rings. The monoisotopic (exact) mass is 690 g/mol. The van der Waals surface area contributed by atoms with Gasteiger partial charge in [-0.05, 0) is 135 Å². The first-order valence-corrected chi connectivity index (χ1v) is 18.8. The standard InChI is InChI=1S/C49H44N2.C2H6/c1-8-17-40-34(6)39(10-3)45(43-21-14-13-20-42(40)43)29-33(5)32(4)28-35(9-2)37-26-27-44-48(30-37)51(47-23-16-15-22-46(47)50-7)31-38-25-24-36-18-11-12-19-41(36)49(38)44;1-2/h8-9,11-30H,2,4,7,10,31H2,1,3,5-6H3;1-2H3/b17-8-,33-29+,35-28+;. The average molecular weight is 691 g/mol. The summed E-state index contributed by atoms with van der Waals surface area (Å²) in [6.45, 7) is 26.2. The lowest BCUT2D eigenvalue weighted by Gasteiger charge is -2.34. The molecule has 0 aromatic heterocycles. The number of fused-ring (bicyclic) bond motifs is 6. The van der Waals surface area contributed by atoms with Crippen molar-refractivity contribution in [3.63, 3.8) is 0 Å². The van der Waals surface area contributed by atoms with E-state index in [2.05, 4.69) is 173 Å². The summed E-state index contributed by atoms with van der Waals surface area (Å²) < 4.78 is 0. The van der Waals surface area contributed by atoms with Crippen LogP contribution >= 0.6 is 0 Å². The van der Waals surface area contributed by atoms with Crippen LogP contribution in [0.2, 0.25) is 0 Å². The molecule has 0 radical (unpaired) electrons. The van der Waals surface area contributed by atoms with Crippen molar-refractivity contribution in [1.29, 1.82) is 0 Å². The molecule has 1 heterocycles. The van der Waals surface area contributed by atoms with Crippen molar-refractivity contribution in [2.24, 2.45) is 4.99 Å². The van der Waals surface area contributed by atoms with Crippen LogP contribution in [0.1, 0.15) is 68.0 Å². The van der Waals surface area contributed by atoms with Crippen LogP contribution < -0.4 is 4.90 Å². The lowest BCUT2D eigenvalue weighted by molar-refractivity contribution is 0.963. The van der Waals surface area contributed by atoms with Gasteiger partial charge in [-0.3, -0.25) is 4.99 Å². The SMILES string of the molecule is C=C/C(=C\C(=C)/C(C)=C/c1c(CC)c(C)c(/C=C\C)c2ccccc12)c1ccc2c(c1)N(c1ccccc1N=C)Cc1ccc3ccccc3c1-2.CC. The van der Waals surface area contributed by atoms with E-state index in [-0.39, 0.29) is 0 Å². The van der Waals surface area contributed by atoms with Crippen LogP contribution in [-0.4, -0.2) is 6.72 Å². The normalized spacial score (nSPS) is 12.7. The molecule has 0 bridgehead atoms. The fraction of sp³-hybridized carbons (Fsp3) is 0.157. The van der Waals surface area contributed by atoms with E-state index in [1.165, 1.54) is 60.5 Å². The molecular weight excluding hydrogens is 641 g/mol. The first-order chi connectivity index (χ1) is 25.9. The van der Waals surface area contributed by atoms with Crippen LogP contribution in [0.15, 0.2) is 151 Å². The summed E-state index contributed by atoms with van der Waals surface area (Å²) in [5.41, 5.74) is 16.3. The van der Waals surface area contributed by atoms with E-state index >= 15 is 0 Å². The topological polar surface area (TPSA) is 15.6 Å². The second-order valence-electron chi connectivity index (χ2n) is 13.3. The molecule has 0 aliphatic carbocycles. The summed E-state index contributed by atoms with van der Waals surface area (Å²) in [4.78, 5) is 6.77. The second kappa shape index (κ2) is 16.1. The van der Waals surface area contributed by atoms with Crippen LogP contribution in [-0.2, 0) is 13.0 Å². The van der Waals surface area contributed by atoms with Crippen LogP contribution in [0.25, 0.3) is 50.4 Å². The molecule has 0 spiro atoms. The Morgan fingerprint density at radius 3 is 2.21 bits per heavy atom. The Hall–Kier alpha value is -5.99. The van der Waals surface area contributed by atoms with Gasteiger partial charge >= 0.3 is 0 Å². The highest BCUT2D eigenvalue weighted by Gasteiger charge is 2.27. The van der Waals surface area contributed by atoms with Gasteiger partial charge in [-0.15, -0.1) is 0 Å². The molecule has 264 valence electrons. The van der Waals surface area contributed by atoms with Crippen molar-refractivity contribution < 1.29 is 0 Å². The Kier molecular flexibility index (Phi) is 11.2. The molecule has 0 saturated carbocycles. The molecule has 0 N–H and O–H groups in total. The van der Waals surface area contributed by atoms with Gasteiger partial charge < -0.3 is 4.90 Å². The van der Waals surface area contributed by atoms with Crippen molar-refractivity contribution in [1.82, 2.24) is 0 Å². The van der Waals surface area contributed by atoms with Crippen LogP contribution in [0.5, 0.6) is 0 Å². The van der Waals surface area contributed by atoms with E-state index in [1.807, 2.05) is 32.1 Å². The maximum atomic E-state index is 4.57. The van der Waals surface area contributed by atoms with Gasteiger partial charge in [0.05, 0.1) is 17.1 Å². The van der Waals surface area contributed by atoms with Gasteiger partial charge in [0.25, 0.3) is 0 Å². The van der Waals surface area contributed by atoms with Crippen molar-refractivity contribution >= 4 is 63.0 Å². The molecule has 6 aromatic rings. The summed E-state index contributed by atoms with van der Waals surface area (Å²) in [7, 11) is 0. The van der Waals surface area contributed by atoms with Gasteiger partial charge in [-0.1, -0.05) is 143 Å². The minimum absolute atomic E-state index is 0.727. The van der Waals surface area contributed by atoms with Gasteiger partial charge in [0.15, 0.2) is 0 Å². The number of aliphatic imine (C=N–C) groups is 1. The molecule has 7 rings (SSSR count). The van der Waals surface area contributed by atoms with E-state index in [4.69, 9.17) is 0 Å².